The molecule has 1 aromatic rings. The van der Waals surface area contributed by atoms with E-state index in [1.807, 2.05) is 5.32 Å². The molecule has 1 rings (SSSR count). The fourth-order valence-corrected chi connectivity index (χ4v) is 0.745. The van der Waals surface area contributed by atoms with Crippen LogP contribution in [0.2, 0.25) is 0 Å². The largest absolute Gasteiger partial charge is 0.377 e. The summed E-state index contributed by atoms with van der Waals surface area (Å²) in [6.07, 6.45) is 1.49. The van der Waals surface area contributed by atoms with Crippen molar-refractivity contribution in [2.24, 2.45) is 0 Å². The van der Waals surface area contributed by atoms with Crippen LogP contribution in [-0.2, 0) is 11.3 Å². The highest BCUT2D eigenvalue weighted by Crippen LogP contribution is 2.03. The van der Waals surface area contributed by atoms with Crippen molar-refractivity contribution < 1.29 is 14.1 Å². The van der Waals surface area contributed by atoms with Gasteiger partial charge in [-0.2, -0.15) is 5.26 Å². The molecule has 0 aliphatic heterocycles. The number of hydrogen-bond acceptors (Lipinski definition) is 5. The van der Waals surface area contributed by atoms with Gasteiger partial charge in [-0.3, -0.25) is 10.1 Å². The number of carbonyl (C=O) groups excluding carboxylic acids is 1. The zero-order chi connectivity index (χ0) is 9.68. The van der Waals surface area contributed by atoms with Gasteiger partial charge in [0.25, 0.3) is 5.91 Å². The molecule has 6 nitrogen and oxygen atoms in total. The third-order valence-corrected chi connectivity index (χ3v) is 1.25. The summed E-state index contributed by atoms with van der Waals surface area (Å²) < 4.78 is 9.48. The molecule has 0 fully saturated rings. The van der Waals surface area contributed by atoms with E-state index in [9.17, 15) is 4.79 Å². The molecular formula is C7H7N3O3. The number of nitrogens with one attached hydrogen (secondary N) is 1. The van der Waals surface area contributed by atoms with E-state index in [0.29, 0.717) is 5.76 Å². The van der Waals surface area contributed by atoms with Crippen molar-refractivity contribution in [3.05, 3.63) is 17.5 Å². The van der Waals surface area contributed by atoms with Crippen molar-refractivity contribution in [2.75, 3.05) is 7.11 Å². The standard InChI is InChI=1S/C7H7N3O3/c1-12-3-5-2-6(10-13-5)7(11)9-4-8/h2H,3H2,1H3,(H,9,11). The Morgan fingerprint density at radius 2 is 2.69 bits per heavy atom. The third-order valence-electron chi connectivity index (χ3n) is 1.25. The summed E-state index contributed by atoms with van der Waals surface area (Å²) >= 11 is 0. The summed E-state index contributed by atoms with van der Waals surface area (Å²) in [6, 6.07) is 1.41. The lowest BCUT2D eigenvalue weighted by Crippen LogP contribution is -2.17. The number of carbonyl (C=O) groups is 1. The Morgan fingerprint density at radius 1 is 1.92 bits per heavy atom. The van der Waals surface area contributed by atoms with Crippen LogP contribution in [0.3, 0.4) is 0 Å². The van der Waals surface area contributed by atoms with E-state index in [1.165, 1.54) is 19.4 Å². The fourth-order valence-electron chi connectivity index (χ4n) is 0.745. The van der Waals surface area contributed by atoms with E-state index in [2.05, 4.69) is 5.16 Å². The predicted molar refractivity (Wildman–Crippen MR) is 40.3 cm³/mol. The Kier molecular flexibility index (Phi) is 3.00. The van der Waals surface area contributed by atoms with E-state index >= 15 is 0 Å². The molecule has 1 amide bonds. The zero-order valence-electron chi connectivity index (χ0n) is 6.90. The number of nitrogens with zero attached hydrogens (tertiary/aromatic N) is 2. The van der Waals surface area contributed by atoms with Crippen LogP contribution in [0.4, 0.5) is 0 Å². The molecule has 1 N–H and O–H groups in total. The van der Waals surface area contributed by atoms with Crippen LogP contribution in [0.1, 0.15) is 16.2 Å². The molecular weight excluding hydrogens is 174 g/mol. The van der Waals surface area contributed by atoms with Gasteiger partial charge < -0.3 is 9.26 Å². The highest BCUT2D eigenvalue weighted by Gasteiger charge is 2.11. The van der Waals surface area contributed by atoms with Crippen LogP contribution in [0.15, 0.2) is 10.6 Å². The third kappa shape index (κ3) is 2.28. The molecule has 0 radical (unpaired) electrons. The molecule has 1 aromatic heterocycles. The molecule has 0 saturated heterocycles. The molecule has 0 aromatic carbocycles. The second-order valence-corrected chi connectivity index (χ2v) is 2.18. The molecule has 68 valence electrons. The molecule has 0 unspecified atom stereocenters. The van der Waals surface area contributed by atoms with Crippen LogP contribution >= 0.6 is 0 Å². The van der Waals surface area contributed by atoms with Gasteiger partial charge in [-0.05, 0) is 0 Å². The average molecular weight is 181 g/mol. The molecule has 13 heavy (non-hydrogen) atoms. The number of amides is 1. The van der Waals surface area contributed by atoms with Gasteiger partial charge in [0.15, 0.2) is 17.6 Å². The van der Waals surface area contributed by atoms with Gasteiger partial charge in [-0.1, -0.05) is 5.16 Å². The Labute approximate surface area is 74.1 Å². The molecule has 0 atom stereocenters. The fraction of sp³-hybridized carbons (Fsp3) is 0.286. The van der Waals surface area contributed by atoms with Crippen LogP contribution in [0.25, 0.3) is 0 Å². The summed E-state index contributed by atoms with van der Waals surface area (Å²) in [5.74, 6) is -0.154. The lowest BCUT2D eigenvalue weighted by molar-refractivity contribution is 0.0963. The number of methoxy groups -OCH3 is 1. The first kappa shape index (κ1) is 9.22. The second kappa shape index (κ2) is 4.23. The highest BCUT2D eigenvalue weighted by atomic mass is 16.5. The summed E-state index contributed by atoms with van der Waals surface area (Å²) in [6.45, 7) is 0.243. The maximum Gasteiger partial charge on any atom is 0.286 e. The Bertz CT molecular complexity index is 339. The normalized spacial score (nSPS) is 9.23. The summed E-state index contributed by atoms with van der Waals surface area (Å²) in [4.78, 5) is 11.0. The van der Waals surface area contributed by atoms with Gasteiger partial charge in [-0.15, -0.1) is 0 Å². The van der Waals surface area contributed by atoms with E-state index < -0.39 is 5.91 Å². The maximum atomic E-state index is 11.0. The number of ether oxygens (including phenoxy) is 1. The van der Waals surface area contributed by atoms with E-state index in [-0.39, 0.29) is 12.3 Å². The van der Waals surface area contributed by atoms with Crippen molar-refractivity contribution in [2.45, 2.75) is 6.61 Å². The molecule has 0 aliphatic carbocycles. The minimum atomic E-state index is -0.589. The number of aromatic nitrogens is 1. The van der Waals surface area contributed by atoms with Crippen molar-refractivity contribution in [1.82, 2.24) is 10.5 Å². The van der Waals surface area contributed by atoms with E-state index in [4.69, 9.17) is 14.5 Å². The van der Waals surface area contributed by atoms with Crippen molar-refractivity contribution in [3.8, 4) is 6.19 Å². The Hall–Kier alpha value is -1.87. The van der Waals surface area contributed by atoms with E-state index in [0.717, 1.165) is 0 Å². The minimum Gasteiger partial charge on any atom is -0.377 e. The van der Waals surface area contributed by atoms with Crippen LogP contribution in [-0.4, -0.2) is 18.2 Å². The first-order valence-corrected chi connectivity index (χ1v) is 3.42. The molecule has 0 spiro atoms. The van der Waals surface area contributed by atoms with Crippen LogP contribution in [0, 0.1) is 11.5 Å². The molecule has 0 bridgehead atoms. The van der Waals surface area contributed by atoms with Gasteiger partial charge in [0.2, 0.25) is 0 Å². The van der Waals surface area contributed by atoms with Crippen LogP contribution < -0.4 is 5.32 Å². The monoisotopic (exact) mass is 181 g/mol. The quantitative estimate of drug-likeness (QED) is 0.525. The minimum absolute atomic E-state index is 0.0635. The SMILES string of the molecule is COCc1cc(C(=O)NC#N)no1. The predicted octanol–water partition coefficient (Wildman–Crippen LogP) is 0.0319. The zero-order valence-corrected chi connectivity index (χ0v) is 6.90. The van der Waals surface area contributed by atoms with Crippen molar-refractivity contribution >= 4 is 5.91 Å². The summed E-state index contributed by atoms with van der Waals surface area (Å²) in [5, 5.41) is 13.5. The van der Waals surface area contributed by atoms with Gasteiger partial charge in [0.05, 0.1) is 0 Å². The second-order valence-electron chi connectivity index (χ2n) is 2.18. The first-order valence-electron chi connectivity index (χ1n) is 3.42. The molecule has 0 aliphatic rings. The van der Waals surface area contributed by atoms with Gasteiger partial charge in [0.1, 0.15) is 6.61 Å². The molecule has 1 heterocycles. The maximum absolute atomic E-state index is 11.0. The highest BCUT2D eigenvalue weighted by molar-refractivity contribution is 5.93. The first-order chi connectivity index (χ1) is 6.27. The van der Waals surface area contributed by atoms with Crippen molar-refractivity contribution in [3.63, 3.8) is 0 Å². The Balaban J connectivity index is 2.69. The summed E-state index contributed by atoms with van der Waals surface area (Å²) in [5.41, 5.74) is 0.0635. The number of nitriles is 1. The number of hydrogen-bond donors (Lipinski definition) is 1. The van der Waals surface area contributed by atoms with E-state index in [1.54, 1.807) is 0 Å². The molecule has 6 heteroatoms. The van der Waals surface area contributed by atoms with Crippen LogP contribution in [0.5, 0.6) is 0 Å². The van der Waals surface area contributed by atoms with Gasteiger partial charge >= 0.3 is 0 Å². The van der Waals surface area contributed by atoms with Gasteiger partial charge in [0, 0.05) is 13.2 Å². The average Bonchev–Trinajstić information content (AvgIpc) is 2.54. The van der Waals surface area contributed by atoms with Gasteiger partial charge in [-0.25, -0.2) is 0 Å². The molecule has 0 saturated carbocycles. The lowest BCUT2D eigenvalue weighted by atomic mass is 10.3. The van der Waals surface area contributed by atoms with Crippen molar-refractivity contribution in [1.29, 1.82) is 5.26 Å². The lowest BCUT2D eigenvalue weighted by Gasteiger charge is -1.87. The topological polar surface area (TPSA) is 88.1 Å². The Morgan fingerprint density at radius 3 is 3.31 bits per heavy atom. The summed E-state index contributed by atoms with van der Waals surface area (Å²) in [7, 11) is 1.50. The smallest absolute Gasteiger partial charge is 0.286 e. The number of rotatable bonds is 3.